The van der Waals surface area contributed by atoms with Crippen molar-refractivity contribution in [3.8, 4) is 5.75 Å². The number of rotatable bonds is 1. The van der Waals surface area contributed by atoms with Crippen LogP contribution < -0.4 is 4.74 Å². The normalized spacial score (nSPS) is 10.5. The molecule has 3 heteroatoms. The third-order valence-electron chi connectivity index (χ3n) is 1.90. The number of aromatic nitrogens is 1. The van der Waals surface area contributed by atoms with Crippen LogP contribution in [0.1, 0.15) is 5.56 Å². The maximum atomic E-state index is 5.21. The van der Waals surface area contributed by atoms with Crippen molar-refractivity contribution >= 4 is 21.6 Å². The fourth-order valence-electron chi connectivity index (χ4n) is 1.24. The molecule has 62 valence electrons. The Morgan fingerprint density at radius 2 is 2.25 bits per heavy atom. The number of aryl methyl sites for hydroxylation is 1. The fraction of sp³-hybridized carbons (Fsp3) is 0.222. The molecule has 2 aromatic rings. The molecule has 0 saturated carbocycles. The highest BCUT2D eigenvalue weighted by Crippen LogP contribution is 2.30. The molecule has 0 spiro atoms. The average molecular weight is 179 g/mol. The second-order valence-corrected chi connectivity index (χ2v) is 3.45. The lowest BCUT2D eigenvalue weighted by molar-refractivity contribution is 0.420. The van der Waals surface area contributed by atoms with Crippen molar-refractivity contribution in [1.29, 1.82) is 0 Å². The van der Waals surface area contributed by atoms with Crippen LogP contribution in [0.15, 0.2) is 18.3 Å². The van der Waals surface area contributed by atoms with Crippen LogP contribution in [-0.4, -0.2) is 11.5 Å². The maximum Gasteiger partial charge on any atom is 0.129 e. The van der Waals surface area contributed by atoms with E-state index in [1.165, 1.54) is 21.8 Å². The lowest BCUT2D eigenvalue weighted by atomic mass is 10.2. The van der Waals surface area contributed by atoms with Gasteiger partial charge in [0.1, 0.15) is 5.75 Å². The molecule has 0 N–H and O–H groups in total. The molecular weight excluding hydrogens is 170 g/mol. The summed E-state index contributed by atoms with van der Waals surface area (Å²) in [5, 5.41) is 1.11. The highest BCUT2D eigenvalue weighted by atomic mass is 32.1. The van der Waals surface area contributed by atoms with E-state index in [1.807, 2.05) is 12.3 Å². The largest absolute Gasteiger partial charge is 0.496 e. The van der Waals surface area contributed by atoms with Gasteiger partial charge in [-0.1, -0.05) is 6.07 Å². The third kappa shape index (κ3) is 0.975. The van der Waals surface area contributed by atoms with E-state index < -0.39 is 0 Å². The highest BCUT2D eigenvalue weighted by Gasteiger charge is 2.04. The Bertz CT molecular complexity index is 408. The number of fused-ring (bicyclic) bond motifs is 1. The molecule has 0 bridgehead atoms. The van der Waals surface area contributed by atoms with Crippen LogP contribution in [0.5, 0.6) is 5.75 Å². The summed E-state index contributed by atoms with van der Waals surface area (Å²) < 4.78 is 10.6. The van der Waals surface area contributed by atoms with Crippen molar-refractivity contribution in [2.24, 2.45) is 0 Å². The summed E-state index contributed by atoms with van der Waals surface area (Å²) in [7, 11) is 1.68. The van der Waals surface area contributed by atoms with Crippen molar-refractivity contribution in [3.63, 3.8) is 0 Å². The zero-order valence-electron chi connectivity index (χ0n) is 7.00. The second-order valence-electron chi connectivity index (χ2n) is 2.65. The third-order valence-corrected chi connectivity index (χ3v) is 2.83. The number of hydrogen-bond acceptors (Lipinski definition) is 3. The summed E-state index contributed by atoms with van der Waals surface area (Å²) in [6, 6.07) is 4.03. The Labute approximate surface area is 75.0 Å². The summed E-state index contributed by atoms with van der Waals surface area (Å²) in [5.74, 6) is 0.907. The lowest BCUT2D eigenvalue weighted by Crippen LogP contribution is -1.83. The Morgan fingerprint density at radius 1 is 1.42 bits per heavy atom. The summed E-state index contributed by atoms with van der Waals surface area (Å²) in [5.41, 5.74) is 1.26. The van der Waals surface area contributed by atoms with E-state index in [4.69, 9.17) is 4.74 Å². The molecule has 1 aromatic carbocycles. The van der Waals surface area contributed by atoms with Gasteiger partial charge in [-0.25, -0.2) is 0 Å². The maximum absolute atomic E-state index is 5.21. The zero-order chi connectivity index (χ0) is 8.55. The fourth-order valence-corrected chi connectivity index (χ4v) is 1.97. The molecule has 0 amide bonds. The van der Waals surface area contributed by atoms with Gasteiger partial charge < -0.3 is 4.74 Å². The van der Waals surface area contributed by atoms with Gasteiger partial charge >= 0.3 is 0 Å². The smallest absolute Gasteiger partial charge is 0.129 e. The van der Waals surface area contributed by atoms with E-state index in [9.17, 15) is 0 Å². The van der Waals surface area contributed by atoms with Crippen molar-refractivity contribution in [3.05, 3.63) is 23.9 Å². The minimum atomic E-state index is 0.907. The monoisotopic (exact) mass is 179 g/mol. The molecule has 2 nitrogen and oxygen atoms in total. The minimum Gasteiger partial charge on any atom is -0.496 e. The highest BCUT2D eigenvalue weighted by molar-refractivity contribution is 7.13. The summed E-state index contributed by atoms with van der Waals surface area (Å²) in [6.07, 6.45) is 1.85. The topological polar surface area (TPSA) is 22.1 Å². The summed E-state index contributed by atoms with van der Waals surface area (Å²) in [6.45, 7) is 2.08. The van der Waals surface area contributed by atoms with Crippen molar-refractivity contribution in [2.45, 2.75) is 6.92 Å². The van der Waals surface area contributed by atoms with E-state index in [-0.39, 0.29) is 0 Å². The van der Waals surface area contributed by atoms with Crippen LogP contribution in [0.3, 0.4) is 0 Å². The lowest BCUT2D eigenvalue weighted by Gasteiger charge is -2.01. The molecule has 0 aliphatic rings. The molecule has 2 rings (SSSR count). The zero-order valence-corrected chi connectivity index (χ0v) is 7.81. The average Bonchev–Trinajstić information content (AvgIpc) is 2.54. The molecule has 0 saturated heterocycles. The molecule has 12 heavy (non-hydrogen) atoms. The van der Waals surface area contributed by atoms with Gasteiger partial charge in [0.25, 0.3) is 0 Å². The molecule has 0 aliphatic carbocycles. The predicted molar refractivity (Wildman–Crippen MR) is 50.9 cm³/mol. The quantitative estimate of drug-likeness (QED) is 0.671. The summed E-state index contributed by atoms with van der Waals surface area (Å²) in [4.78, 5) is 0. The van der Waals surface area contributed by atoms with Gasteiger partial charge in [-0.15, -0.1) is 0 Å². The van der Waals surface area contributed by atoms with E-state index in [0.717, 1.165) is 11.1 Å². The standard InChI is InChI=1S/C9H9NOS/c1-6-3-4-8(11-2)7-5-10-12-9(6)7/h3-5H,1-2H3. The van der Waals surface area contributed by atoms with Gasteiger partial charge in [-0.3, -0.25) is 0 Å². The molecular formula is C9H9NOS. The number of methoxy groups -OCH3 is 1. The molecule has 0 atom stereocenters. The van der Waals surface area contributed by atoms with E-state index >= 15 is 0 Å². The first-order valence-electron chi connectivity index (χ1n) is 3.71. The molecule has 0 radical (unpaired) electrons. The predicted octanol–water partition coefficient (Wildman–Crippen LogP) is 2.61. The van der Waals surface area contributed by atoms with Gasteiger partial charge in [0, 0.05) is 0 Å². The van der Waals surface area contributed by atoms with Crippen LogP contribution in [0.4, 0.5) is 0 Å². The van der Waals surface area contributed by atoms with Crippen LogP contribution in [0.25, 0.3) is 10.1 Å². The molecule has 1 heterocycles. The number of hydrogen-bond donors (Lipinski definition) is 0. The first-order valence-corrected chi connectivity index (χ1v) is 4.48. The summed E-state index contributed by atoms with van der Waals surface area (Å²) >= 11 is 1.51. The SMILES string of the molecule is COc1ccc(C)c2sncc12. The Hall–Kier alpha value is -1.09. The van der Waals surface area contributed by atoms with E-state index in [2.05, 4.69) is 17.4 Å². The number of ether oxygens (including phenoxy) is 1. The first kappa shape index (κ1) is 7.55. The Balaban J connectivity index is 2.82. The van der Waals surface area contributed by atoms with Crippen molar-refractivity contribution in [2.75, 3.05) is 7.11 Å². The Kier molecular flexibility index (Phi) is 1.73. The van der Waals surface area contributed by atoms with Gasteiger partial charge in [-0.05, 0) is 30.1 Å². The Morgan fingerprint density at radius 3 is 3.00 bits per heavy atom. The number of nitrogens with zero attached hydrogens (tertiary/aromatic N) is 1. The minimum absolute atomic E-state index is 0.907. The number of benzene rings is 1. The van der Waals surface area contributed by atoms with Crippen LogP contribution in [0.2, 0.25) is 0 Å². The van der Waals surface area contributed by atoms with E-state index in [1.54, 1.807) is 7.11 Å². The van der Waals surface area contributed by atoms with Crippen LogP contribution in [0, 0.1) is 6.92 Å². The first-order chi connectivity index (χ1) is 5.83. The van der Waals surface area contributed by atoms with Gasteiger partial charge in [0.05, 0.1) is 23.4 Å². The molecule has 1 aromatic heterocycles. The second kappa shape index (κ2) is 2.75. The van der Waals surface area contributed by atoms with Crippen LogP contribution >= 0.6 is 11.5 Å². The van der Waals surface area contributed by atoms with Gasteiger partial charge in [0.2, 0.25) is 0 Å². The molecule has 0 fully saturated rings. The van der Waals surface area contributed by atoms with Gasteiger partial charge in [-0.2, -0.15) is 4.37 Å². The van der Waals surface area contributed by atoms with Crippen LogP contribution in [-0.2, 0) is 0 Å². The van der Waals surface area contributed by atoms with Gasteiger partial charge in [0.15, 0.2) is 0 Å². The van der Waals surface area contributed by atoms with Crippen molar-refractivity contribution in [1.82, 2.24) is 4.37 Å². The van der Waals surface area contributed by atoms with Crippen molar-refractivity contribution < 1.29 is 4.74 Å². The van der Waals surface area contributed by atoms with E-state index in [0.29, 0.717) is 0 Å². The molecule has 0 unspecified atom stereocenters. The molecule has 0 aliphatic heterocycles.